The Labute approximate surface area is 190 Å². The Balaban J connectivity index is 0.000000454. The third-order valence-electron chi connectivity index (χ3n) is 5.57. The number of ether oxygens (including phenoxy) is 1. The molecule has 2 aromatic carbocycles. The minimum Gasteiger partial charge on any atom is -0.490 e. The zero-order chi connectivity index (χ0) is 23.8. The standard InChI is InChI=1S/C22H25FN2O2.C2H2O4/c23-20-5-2-1-4-18(20)16-9-12-25(13-10-16)14-17(26)15-27-22-7-3-6-21-19(22)8-11-24-21;3-1(4)2(5)6/h1-8,11,16-17,24,26H,9-10,12-15H2;(H,3,4)(H,5,6)/t17-;/m0./s1. The maximum Gasteiger partial charge on any atom is 0.414 e. The number of aromatic amines is 1. The van der Waals surface area contributed by atoms with Crippen molar-refractivity contribution in [3.05, 3.63) is 66.1 Å². The molecule has 1 aromatic heterocycles. The van der Waals surface area contributed by atoms with Crippen LogP contribution in [0.15, 0.2) is 54.7 Å². The van der Waals surface area contributed by atoms with Crippen LogP contribution in [0.1, 0.15) is 24.3 Å². The largest absolute Gasteiger partial charge is 0.490 e. The number of carboxylic acids is 2. The molecule has 1 saturated heterocycles. The van der Waals surface area contributed by atoms with Gasteiger partial charge in [-0.25, -0.2) is 14.0 Å². The Morgan fingerprint density at radius 3 is 2.42 bits per heavy atom. The van der Waals surface area contributed by atoms with E-state index in [1.807, 2.05) is 42.6 Å². The fourth-order valence-corrected chi connectivity index (χ4v) is 3.95. The molecule has 2 heterocycles. The summed E-state index contributed by atoms with van der Waals surface area (Å²) in [6, 6.07) is 14.9. The first-order valence-electron chi connectivity index (χ1n) is 10.6. The van der Waals surface area contributed by atoms with Gasteiger partial charge in [0.15, 0.2) is 0 Å². The molecule has 0 aliphatic carbocycles. The van der Waals surface area contributed by atoms with Gasteiger partial charge < -0.3 is 29.9 Å². The summed E-state index contributed by atoms with van der Waals surface area (Å²) in [5, 5.41) is 26.2. The lowest BCUT2D eigenvalue weighted by Gasteiger charge is -2.33. The highest BCUT2D eigenvalue weighted by atomic mass is 19.1. The van der Waals surface area contributed by atoms with Crippen LogP contribution in [0.2, 0.25) is 0 Å². The molecule has 4 rings (SSSR count). The number of benzene rings is 2. The molecule has 33 heavy (non-hydrogen) atoms. The highest BCUT2D eigenvalue weighted by Crippen LogP contribution is 2.30. The van der Waals surface area contributed by atoms with E-state index in [1.165, 1.54) is 6.07 Å². The Kier molecular flexibility index (Phi) is 8.39. The lowest BCUT2D eigenvalue weighted by atomic mass is 9.89. The molecule has 0 unspecified atom stereocenters. The van der Waals surface area contributed by atoms with Gasteiger partial charge in [-0.2, -0.15) is 0 Å². The number of aliphatic hydroxyl groups excluding tert-OH is 1. The van der Waals surface area contributed by atoms with E-state index in [4.69, 9.17) is 24.5 Å². The summed E-state index contributed by atoms with van der Waals surface area (Å²) in [6.45, 7) is 2.57. The molecule has 9 heteroatoms. The van der Waals surface area contributed by atoms with Crippen LogP contribution in [0.3, 0.4) is 0 Å². The fourth-order valence-electron chi connectivity index (χ4n) is 3.95. The highest BCUT2D eigenvalue weighted by Gasteiger charge is 2.24. The number of halogens is 1. The van der Waals surface area contributed by atoms with Crippen molar-refractivity contribution in [1.82, 2.24) is 9.88 Å². The van der Waals surface area contributed by atoms with Gasteiger partial charge in [0, 0.05) is 23.6 Å². The molecule has 0 bridgehead atoms. The first-order valence-corrected chi connectivity index (χ1v) is 10.6. The topological polar surface area (TPSA) is 123 Å². The van der Waals surface area contributed by atoms with Crippen molar-refractivity contribution in [3.63, 3.8) is 0 Å². The average Bonchev–Trinajstić information content (AvgIpc) is 3.29. The van der Waals surface area contributed by atoms with Crippen molar-refractivity contribution in [2.75, 3.05) is 26.2 Å². The molecular formula is C24H27FN2O6. The Bertz CT molecular complexity index is 1070. The van der Waals surface area contributed by atoms with E-state index in [0.717, 1.165) is 48.1 Å². The smallest absolute Gasteiger partial charge is 0.414 e. The van der Waals surface area contributed by atoms with Crippen LogP contribution in [0, 0.1) is 5.82 Å². The number of hydrogen-bond acceptors (Lipinski definition) is 5. The zero-order valence-corrected chi connectivity index (χ0v) is 18.0. The molecule has 0 saturated carbocycles. The van der Waals surface area contributed by atoms with Gasteiger partial charge in [0.1, 0.15) is 24.3 Å². The molecule has 1 atom stereocenters. The lowest BCUT2D eigenvalue weighted by molar-refractivity contribution is -0.159. The SMILES string of the molecule is O=C(O)C(=O)O.O[C@H](COc1cccc2[nH]ccc12)CN1CCC(c2ccccc2F)CC1. The predicted molar refractivity (Wildman–Crippen MR) is 120 cm³/mol. The second-order valence-electron chi connectivity index (χ2n) is 7.87. The number of nitrogens with one attached hydrogen (secondary N) is 1. The predicted octanol–water partition coefficient (Wildman–Crippen LogP) is 3.08. The zero-order valence-electron chi connectivity index (χ0n) is 18.0. The van der Waals surface area contributed by atoms with Gasteiger partial charge in [-0.1, -0.05) is 24.3 Å². The van der Waals surface area contributed by atoms with Crippen LogP contribution < -0.4 is 4.74 Å². The number of carboxylic acid groups (broad SMARTS) is 2. The summed E-state index contributed by atoms with van der Waals surface area (Å²) in [5.74, 6) is -2.71. The molecule has 0 spiro atoms. The van der Waals surface area contributed by atoms with Crippen LogP contribution in [-0.4, -0.2) is 69.5 Å². The van der Waals surface area contributed by atoms with E-state index >= 15 is 0 Å². The van der Waals surface area contributed by atoms with Gasteiger partial charge in [0.2, 0.25) is 0 Å². The third-order valence-corrected chi connectivity index (χ3v) is 5.57. The summed E-state index contributed by atoms with van der Waals surface area (Å²) >= 11 is 0. The van der Waals surface area contributed by atoms with Gasteiger partial charge >= 0.3 is 11.9 Å². The quantitative estimate of drug-likeness (QED) is 0.419. The number of aliphatic carboxylic acids is 2. The molecule has 8 nitrogen and oxygen atoms in total. The van der Waals surface area contributed by atoms with Crippen molar-refractivity contribution in [2.45, 2.75) is 24.9 Å². The van der Waals surface area contributed by atoms with Crippen LogP contribution in [0.4, 0.5) is 4.39 Å². The van der Waals surface area contributed by atoms with Crippen molar-refractivity contribution in [2.24, 2.45) is 0 Å². The summed E-state index contributed by atoms with van der Waals surface area (Å²) in [7, 11) is 0. The van der Waals surface area contributed by atoms with E-state index < -0.39 is 18.0 Å². The first kappa shape index (κ1) is 24.2. The van der Waals surface area contributed by atoms with Gasteiger partial charge in [-0.05, 0) is 61.7 Å². The second-order valence-corrected chi connectivity index (χ2v) is 7.87. The number of nitrogens with zero attached hydrogens (tertiary/aromatic N) is 1. The van der Waals surface area contributed by atoms with E-state index in [2.05, 4.69) is 9.88 Å². The third kappa shape index (κ3) is 6.77. The Morgan fingerprint density at radius 1 is 1.06 bits per heavy atom. The van der Waals surface area contributed by atoms with Crippen molar-refractivity contribution >= 4 is 22.8 Å². The number of piperidine rings is 1. The molecule has 176 valence electrons. The second kappa shape index (κ2) is 11.4. The normalized spacial score (nSPS) is 15.5. The molecule has 0 amide bonds. The summed E-state index contributed by atoms with van der Waals surface area (Å²) in [5.41, 5.74) is 1.85. The average molecular weight is 458 g/mol. The number of likely N-dealkylation sites (tertiary alicyclic amines) is 1. The molecule has 1 fully saturated rings. The van der Waals surface area contributed by atoms with E-state index in [0.29, 0.717) is 6.54 Å². The van der Waals surface area contributed by atoms with Crippen molar-refractivity contribution in [3.8, 4) is 5.75 Å². The van der Waals surface area contributed by atoms with Gasteiger partial charge in [-0.15, -0.1) is 0 Å². The summed E-state index contributed by atoms with van der Waals surface area (Å²) in [6.07, 6.45) is 3.16. The molecular weight excluding hydrogens is 431 g/mol. The minimum atomic E-state index is -1.82. The molecule has 1 aliphatic rings. The number of aromatic nitrogens is 1. The number of H-pyrrole nitrogens is 1. The van der Waals surface area contributed by atoms with Crippen LogP contribution in [0.25, 0.3) is 10.9 Å². The van der Waals surface area contributed by atoms with E-state index in [9.17, 15) is 9.50 Å². The van der Waals surface area contributed by atoms with Crippen molar-refractivity contribution < 1.29 is 34.0 Å². The molecule has 4 N–H and O–H groups in total. The molecule has 3 aromatic rings. The van der Waals surface area contributed by atoms with Crippen LogP contribution in [0.5, 0.6) is 5.75 Å². The molecule has 0 radical (unpaired) electrons. The summed E-state index contributed by atoms with van der Waals surface area (Å²) < 4.78 is 19.8. The van der Waals surface area contributed by atoms with E-state index in [1.54, 1.807) is 6.07 Å². The van der Waals surface area contributed by atoms with Gasteiger partial charge in [-0.3, -0.25) is 0 Å². The first-order chi connectivity index (χ1) is 15.8. The maximum absolute atomic E-state index is 14.0. The van der Waals surface area contributed by atoms with E-state index in [-0.39, 0.29) is 18.3 Å². The highest BCUT2D eigenvalue weighted by molar-refractivity contribution is 6.27. The number of aliphatic hydroxyl groups is 1. The number of carbonyl (C=O) groups is 2. The van der Waals surface area contributed by atoms with Crippen LogP contribution in [-0.2, 0) is 9.59 Å². The summed E-state index contributed by atoms with van der Waals surface area (Å²) in [4.78, 5) is 23.6. The Morgan fingerprint density at radius 2 is 1.76 bits per heavy atom. The Hall–Kier alpha value is -3.43. The monoisotopic (exact) mass is 458 g/mol. The number of β-amino-alcohol motifs (C(OH)–C–C–N with tert-alkyl or cyclic N) is 1. The number of fused-ring (bicyclic) bond motifs is 1. The number of hydrogen-bond donors (Lipinski definition) is 4. The van der Waals surface area contributed by atoms with Gasteiger partial charge in [0.05, 0.1) is 0 Å². The lowest BCUT2D eigenvalue weighted by Crippen LogP contribution is -2.40. The molecule has 1 aliphatic heterocycles. The van der Waals surface area contributed by atoms with Crippen LogP contribution >= 0.6 is 0 Å². The minimum absolute atomic E-state index is 0.108. The van der Waals surface area contributed by atoms with Crippen molar-refractivity contribution in [1.29, 1.82) is 0 Å². The fraction of sp³-hybridized carbons (Fsp3) is 0.333. The maximum atomic E-state index is 14.0. The van der Waals surface area contributed by atoms with Gasteiger partial charge in [0.25, 0.3) is 0 Å². The number of rotatable bonds is 6.